The molecule has 0 atom stereocenters. The Morgan fingerprint density at radius 2 is 1.67 bits per heavy atom. The van der Waals surface area contributed by atoms with Gasteiger partial charge in [0.15, 0.2) is 6.61 Å². The Hall–Kier alpha value is -2.58. The number of anilines is 1. The second-order valence-corrected chi connectivity index (χ2v) is 9.17. The van der Waals surface area contributed by atoms with Crippen molar-refractivity contribution >= 4 is 21.6 Å². The van der Waals surface area contributed by atoms with Crippen LogP contribution in [0.2, 0.25) is 0 Å². The van der Waals surface area contributed by atoms with Gasteiger partial charge < -0.3 is 14.4 Å². The lowest BCUT2D eigenvalue weighted by molar-refractivity contribution is -0.120. The van der Waals surface area contributed by atoms with Crippen molar-refractivity contribution in [1.29, 1.82) is 0 Å². The smallest absolute Gasteiger partial charge is 0.264 e. The number of likely N-dealkylation sites (N-methyl/N-ethyl adjacent to an activating group) is 1. The van der Waals surface area contributed by atoms with E-state index < -0.39 is 10.0 Å². The van der Waals surface area contributed by atoms with Crippen LogP contribution in [0.15, 0.2) is 53.4 Å². The van der Waals surface area contributed by atoms with Gasteiger partial charge in [0.25, 0.3) is 5.91 Å². The van der Waals surface area contributed by atoms with E-state index in [0.717, 1.165) is 25.7 Å². The van der Waals surface area contributed by atoms with Crippen LogP contribution in [-0.4, -0.2) is 52.5 Å². The largest absolute Gasteiger partial charge is 0.497 e. The minimum Gasteiger partial charge on any atom is -0.497 e. The summed E-state index contributed by atoms with van der Waals surface area (Å²) >= 11 is 0. The molecule has 0 N–H and O–H groups in total. The first kappa shape index (κ1) is 22.1. The van der Waals surface area contributed by atoms with Crippen molar-refractivity contribution in [2.45, 2.75) is 30.6 Å². The van der Waals surface area contributed by atoms with E-state index in [4.69, 9.17) is 9.47 Å². The van der Waals surface area contributed by atoms with Gasteiger partial charge >= 0.3 is 0 Å². The van der Waals surface area contributed by atoms with Gasteiger partial charge in [-0.05, 0) is 49.2 Å². The summed E-state index contributed by atoms with van der Waals surface area (Å²) in [6.07, 6.45) is 3.92. The van der Waals surface area contributed by atoms with Crippen LogP contribution < -0.4 is 14.4 Å². The van der Waals surface area contributed by atoms with Gasteiger partial charge in [-0.1, -0.05) is 18.9 Å². The minimum atomic E-state index is -3.50. The summed E-state index contributed by atoms with van der Waals surface area (Å²) in [6, 6.07) is 13.4. The van der Waals surface area contributed by atoms with Gasteiger partial charge in [-0.2, -0.15) is 4.31 Å². The van der Waals surface area contributed by atoms with Crippen molar-refractivity contribution in [1.82, 2.24) is 4.31 Å². The van der Waals surface area contributed by atoms with E-state index in [1.54, 1.807) is 42.7 Å². The van der Waals surface area contributed by atoms with Gasteiger partial charge in [0.1, 0.15) is 11.5 Å². The quantitative estimate of drug-likeness (QED) is 0.671. The maximum absolute atomic E-state index is 12.8. The molecule has 2 aromatic rings. The fraction of sp³-hybridized carbons (Fsp3) is 0.409. The summed E-state index contributed by atoms with van der Waals surface area (Å²) in [7, 11) is -0.265. The molecule has 1 aliphatic rings. The highest BCUT2D eigenvalue weighted by Crippen LogP contribution is 2.23. The number of carbonyl (C=O) groups excluding carboxylic acids is 1. The molecule has 0 aliphatic carbocycles. The average molecular weight is 433 g/mol. The number of hydrogen-bond acceptors (Lipinski definition) is 5. The average Bonchev–Trinajstić information content (AvgIpc) is 3.07. The second-order valence-electron chi connectivity index (χ2n) is 7.23. The topological polar surface area (TPSA) is 76.1 Å². The van der Waals surface area contributed by atoms with Gasteiger partial charge in [0.2, 0.25) is 10.0 Å². The highest BCUT2D eigenvalue weighted by Gasteiger charge is 2.25. The van der Waals surface area contributed by atoms with E-state index in [2.05, 4.69) is 0 Å². The van der Waals surface area contributed by atoms with E-state index in [9.17, 15) is 13.2 Å². The van der Waals surface area contributed by atoms with Crippen LogP contribution in [0.5, 0.6) is 11.5 Å². The molecule has 2 aromatic carbocycles. The molecule has 162 valence electrons. The predicted octanol–water partition coefficient (Wildman–Crippen LogP) is 3.30. The molecule has 0 aromatic heterocycles. The second kappa shape index (κ2) is 9.95. The lowest BCUT2D eigenvalue weighted by Crippen LogP contribution is -2.32. The third kappa shape index (κ3) is 5.31. The molecule has 1 amide bonds. The lowest BCUT2D eigenvalue weighted by atomic mass is 10.2. The van der Waals surface area contributed by atoms with Crippen LogP contribution in [0, 0.1) is 0 Å². The molecule has 30 heavy (non-hydrogen) atoms. The summed E-state index contributed by atoms with van der Waals surface area (Å²) in [4.78, 5) is 14.2. The van der Waals surface area contributed by atoms with E-state index in [1.165, 1.54) is 17.0 Å². The van der Waals surface area contributed by atoms with Crippen LogP contribution in [0.25, 0.3) is 0 Å². The molecule has 0 bridgehead atoms. The molecule has 8 heteroatoms. The molecule has 3 rings (SSSR count). The van der Waals surface area contributed by atoms with Crippen molar-refractivity contribution in [2.75, 3.05) is 38.8 Å². The van der Waals surface area contributed by atoms with Crippen LogP contribution in [0.3, 0.4) is 0 Å². The molecule has 0 spiro atoms. The first-order chi connectivity index (χ1) is 14.4. The molecule has 1 aliphatic heterocycles. The van der Waals surface area contributed by atoms with E-state index in [1.807, 2.05) is 12.1 Å². The molecule has 0 saturated carbocycles. The monoisotopic (exact) mass is 432 g/mol. The molecule has 7 nitrogen and oxygen atoms in total. The van der Waals surface area contributed by atoms with Gasteiger partial charge in [0, 0.05) is 31.9 Å². The first-order valence-corrected chi connectivity index (χ1v) is 11.5. The summed E-state index contributed by atoms with van der Waals surface area (Å²) in [5.41, 5.74) is 0.696. The standard InChI is InChI=1S/C22H28N2O5S/c1-23(18-8-7-9-20(16-18)28-2)22(25)17-29-19-10-12-21(13-11-19)30(26,27)24-14-5-3-4-6-15-24/h7-13,16H,3-6,14-15,17H2,1-2H3. The van der Waals surface area contributed by atoms with Gasteiger partial charge in [-0.15, -0.1) is 0 Å². The summed E-state index contributed by atoms with van der Waals surface area (Å²) < 4.78 is 38.0. The number of rotatable bonds is 7. The normalized spacial score (nSPS) is 15.3. The zero-order valence-electron chi connectivity index (χ0n) is 17.4. The summed E-state index contributed by atoms with van der Waals surface area (Å²) in [5, 5.41) is 0. The number of hydrogen-bond donors (Lipinski definition) is 0. The zero-order chi connectivity index (χ0) is 21.6. The SMILES string of the molecule is COc1cccc(N(C)C(=O)COc2ccc(S(=O)(=O)N3CCCCCC3)cc2)c1. The van der Waals surface area contributed by atoms with Crippen LogP contribution in [-0.2, 0) is 14.8 Å². The molecular formula is C22H28N2O5S. The maximum Gasteiger partial charge on any atom is 0.264 e. The molecular weight excluding hydrogens is 404 g/mol. The lowest BCUT2D eigenvalue weighted by Gasteiger charge is -2.20. The van der Waals surface area contributed by atoms with Crippen molar-refractivity contribution < 1.29 is 22.7 Å². The zero-order valence-corrected chi connectivity index (χ0v) is 18.2. The van der Waals surface area contributed by atoms with Crippen molar-refractivity contribution in [3.63, 3.8) is 0 Å². The molecule has 1 saturated heterocycles. The highest BCUT2D eigenvalue weighted by atomic mass is 32.2. The third-order valence-corrected chi connectivity index (χ3v) is 7.12. The Kier molecular flexibility index (Phi) is 7.33. The maximum atomic E-state index is 12.8. The van der Waals surface area contributed by atoms with Gasteiger partial charge in [0.05, 0.1) is 12.0 Å². The fourth-order valence-electron chi connectivity index (χ4n) is 3.34. The number of carbonyl (C=O) groups is 1. The number of methoxy groups -OCH3 is 1. The minimum absolute atomic E-state index is 0.161. The van der Waals surface area contributed by atoms with Crippen molar-refractivity contribution in [3.8, 4) is 11.5 Å². The van der Waals surface area contributed by atoms with Crippen LogP contribution in [0.4, 0.5) is 5.69 Å². The molecule has 0 radical (unpaired) electrons. The van der Waals surface area contributed by atoms with Crippen molar-refractivity contribution in [2.24, 2.45) is 0 Å². The highest BCUT2D eigenvalue weighted by molar-refractivity contribution is 7.89. The summed E-state index contributed by atoms with van der Waals surface area (Å²) in [5.74, 6) is 0.871. The Balaban J connectivity index is 1.60. The fourth-order valence-corrected chi connectivity index (χ4v) is 4.86. The number of nitrogens with zero attached hydrogens (tertiary/aromatic N) is 2. The third-order valence-electron chi connectivity index (χ3n) is 5.20. The van der Waals surface area contributed by atoms with E-state index in [0.29, 0.717) is 30.3 Å². The van der Waals surface area contributed by atoms with Crippen molar-refractivity contribution in [3.05, 3.63) is 48.5 Å². The van der Waals surface area contributed by atoms with E-state index in [-0.39, 0.29) is 17.4 Å². The number of ether oxygens (including phenoxy) is 2. The van der Waals surface area contributed by atoms with Gasteiger partial charge in [-0.25, -0.2) is 8.42 Å². The van der Waals surface area contributed by atoms with Crippen LogP contribution in [0.1, 0.15) is 25.7 Å². The number of benzene rings is 2. The first-order valence-electron chi connectivity index (χ1n) is 10.1. The number of sulfonamides is 1. The number of amides is 1. The Morgan fingerprint density at radius 3 is 2.30 bits per heavy atom. The van der Waals surface area contributed by atoms with Gasteiger partial charge in [-0.3, -0.25) is 4.79 Å². The Bertz CT molecular complexity index is 952. The molecule has 1 heterocycles. The summed E-state index contributed by atoms with van der Waals surface area (Å²) in [6.45, 7) is 0.962. The van der Waals surface area contributed by atoms with E-state index >= 15 is 0 Å². The Labute approximate surface area is 178 Å². The predicted molar refractivity (Wildman–Crippen MR) is 116 cm³/mol. The Morgan fingerprint density at radius 1 is 1.00 bits per heavy atom. The molecule has 0 unspecified atom stereocenters. The molecule has 1 fully saturated rings. The van der Waals surface area contributed by atoms with Crippen LogP contribution >= 0.6 is 0 Å².